The maximum absolute atomic E-state index is 12.2. The molecule has 1 rings (SSSR count). The van der Waals surface area contributed by atoms with Gasteiger partial charge in [-0.3, -0.25) is 14.5 Å². The number of carbonyl (C=O) groups is 2. The van der Waals surface area contributed by atoms with E-state index in [4.69, 9.17) is 21.4 Å². The lowest BCUT2D eigenvalue weighted by Crippen LogP contribution is -2.40. The average Bonchev–Trinajstić information content (AvgIpc) is 2.44. The molecule has 0 bridgehead atoms. The van der Waals surface area contributed by atoms with Crippen molar-refractivity contribution >= 4 is 29.2 Å². The van der Waals surface area contributed by atoms with Gasteiger partial charge < -0.3 is 15.2 Å². The van der Waals surface area contributed by atoms with Crippen LogP contribution in [0.1, 0.15) is 13.3 Å². The molecule has 0 aliphatic rings. The van der Waals surface area contributed by atoms with Gasteiger partial charge in [-0.2, -0.15) is 0 Å². The molecular formula is C14H19ClN2O4. The summed E-state index contributed by atoms with van der Waals surface area (Å²) < 4.78 is 5.16. The average molecular weight is 315 g/mol. The van der Waals surface area contributed by atoms with E-state index in [1.807, 2.05) is 0 Å². The van der Waals surface area contributed by atoms with Crippen molar-refractivity contribution in [2.45, 2.75) is 19.4 Å². The number of carbonyl (C=O) groups excluding carboxylic acids is 1. The molecule has 1 aromatic carbocycles. The molecule has 0 aromatic heterocycles. The number of hydrogen-bond acceptors (Lipinski definition) is 4. The van der Waals surface area contributed by atoms with Gasteiger partial charge in [0.25, 0.3) is 0 Å². The van der Waals surface area contributed by atoms with E-state index in [9.17, 15) is 9.59 Å². The lowest BCUT2D eigenvalue weighted by molar-refractivity contribution is -0.137. The number of halogens is 1. The summed E-state index contributed by atoms with van der Waals surface area (Å²) in [5, 5.41) is 11.9. The molecule has 1 amide bonds. The fourth-order valence-corrected chi connectivity index (χ4v) is 1.85. The molecule has 1 atom stereocenters. The summed E-state index contributed by atoms with van der Waals surface area (Å²) in [6.45, 7) is 1.99. The highest BCUT2D eigenvalue weighted by molar-refractivity contribution is 6.31. The lowest BCUT2D eigenvalue weighted by atomic mass is 10.2. The normalized spacial score (nSPS) is 12.0. The van der Waals surface area contributed by atoms with Gasteiger partial charge in [-0.05, 0) is 32.2 Å². The van der Waals surface area contributed by atoms with Crippen molar-refractivity contribution in [2.75, 3.05) is 26.0 Å². The van der Waals surface area contributed by atoms with E-state index in [2.05, 4.69) is 5.32 Å². The number of methoxy groups -OCH3 is 1. The summed E-state index contributed by atoms with van der Waals surface area (Å²) in [5.41, 5.74) is 0.480. The van der Waals surface area contributed by atoms with E-state index >= 15 is 0 Å². The third-order valence-electron chi connectivity index (χ3n) is 3.14. The molecule has 0 fully saturated rings. The lowest BCUT2D eigenvalue weighted by Gasteiger charge is -2.23. The van der Waals surface area contributed by atoms with Crippen LogP contribution in [0.3, 0.4) is 0 Å². The van der Waals surface area contributed by atoms with Gasteiger partial charge >= 0.3 is 5.97 Å². The van der Waals surface area contributed by atoms with Crippen LogP contribution in [0.4, 0.5) is 5.69 Å². The van der Waals surface area contributed by atoms with Crippen LogP contribution in [0, 0.1) is 0 Å². The van der Waals surface area contributed by atoms with E-state index in [-0.39, 0.29) is 18.9 Å². The molecule has 7 heteroatoms. The van der Waals surface area contributed by atoms with Gasteiger partial charge in [0, 0.05) is 11.6 Å². The van der Waals surface area contributed by atoms with Crippen molar-refractivity contribution in [1.29, 1.82) is 0 Å². The smallest absolute Gasteiger partial charge is 0.304 e. The second-order valence-corrected chi connectivity index (χ2v) is 5.07. The van der Waals surface area contributed by atoms with Crippen LogP contribution in [-0.2, 0) is 9.59 Å². The van der Waals surface area contributed by atoms with Gasteiger partial charge in [0.15, 0.2) is 0 Å². The first-order chi connectivity index (χ1) is 9.85. The van der Waals surface area contributed by atoms with Crippen molar-refractivity contribution in [3.63, 3.8) is 0 Å². The molecule has 2 N–H and O–H groups in total. The number of benzene rings is 1. The molecule has 21 heavy (non-hydrogen) atoms. The Hall–Kier alpha value is -1.79. The van der Waals surface area contributed by atoms with Crippen LogP contribution >= 0.6 is 11.6 Å². The number of nitrogens with zero attached hydrogens (tertiary/aromatic N) is 1. The molecule has 6 nitrogen and oxygen atoms in total. The first-order valence-electron chi connectivity index (χ1n) is 6.41. The maximum atomic E-state index is 12.2. The number of carboxylic acids is 1. The van der Waals surface area contributed by atoms with E-state index in [0.29, 0.717) is 16.5 Å². The standard InChI is InChI=1S/C14H19ClN2O4/c1-9(17(2)7-6-13(18)19)14(20)16-11-8-10(15)4-5-12(11)21-3/h4-5,8-9H,6-7H2,1-3H3,(H,16,20)(H,18,19). The Kier molecular flexibility index (Phi) is 6.45. The quantitative estimate of drug-likeness (QED) is 0.805. The third-order valence-corrected chi connectivity index (χ3v) is 3.37. The highest BCUT2D eigenvalue weighted by atomic mass is 35.5. The largest absolute Gasteiger partial charge is 0.495 e. The number of anilines is 1. The number of ether oxygens (including phenoxy) is 1. The van der Waals surface area contributed by atoms with Crippen LogP contribution in [-0.4, -0.2) is 48.6 Å². The zero-order valence-corrected chi connectivity index (χ0v) is 13.0. The number of hydrogen-bond donors (Lipinski definition) is 2. The molecule has 0 aliphatic heterocycles. The Morgan fingerprint density at radius 1 is 1.48 bits per heavy atom. The van der Waals surface area contributed by atoms with E-state index < -0.39 is 12.0 Å². The van der Waals surface area contributed by atoms with E-state index in [0.717, 1.165) is 0 Å². The van der Waals surface area contributed by atoms with Crippen LogP contribution in [0.5, 0.6) is 5.75 Å². The molecule has 0 saturated heterocycles. The minimum atomic E-state index is -0.897. The highest BCUT2D eigenvalue weighted by Crippen LogP contribution is 2.27. The summed E-state index contributed by atoms with van der Waals surface area (Å²) >= 11 is 5.90. The first kappa shape index (κ1) is 17.3. The minimum Gasteiger partial charge on any atom is -0.495 e. The van der Waals surface area contributed by atoms with Crippen LogP contribution in [0.2, 0.25) is 5.02 Å². The molecule has 0 saturated carbocycles. The SMILES string of the molecule is COc1ccc(Cl)cc1NC(=O)C(C)N(C)CCC(=O)O. The molecule has 0 aliphatic carbocycles. The van der Waals surface area contributed by atoms with Crippen molar-refractivity contribution < 1.29 is 19.4 Å². The fourth-order valence-electron chi connectivity index (χ4n) is 1.68. The summed E-state index contributed by atoms with van der Waals surface area (Å²) in [4.78, 5) is 24.4. The van der Waals surface area contributed by atoms with Gasteiger partial charge in [0.05, 0.1) is 25.3 Å². The van der Waals surface area contributed by atoms with Crippen molar-refractivity contribution in [2.24, 2.45) is 0 Å². The maximum Gasteiger partial charge on any atom is 0.304 e. The van der Waals surface area contributed by atoms with Crippen LogP contribution in [0.15, 0.2) is 18.2 Å². The van der Waals surface area contributed by atoms with Crippen molar-refractivity contribution in [3.05, 3.63) is 23.2 Å². The highest BCUT2D eigenvalue weighted by Gasteiger charge is 2.19. The topological polar surface area (TPSA) is 78.9 Å². The molecular weight excluding hydrogens is 296 g/mol. The fraction of sp³-hybridized carbons (Fsp3) is 0.429. The summed E-state index contributed by atoms with van der Waals surface area (Å²) in [5.74, 6) is -0.650. The van der Waals surface area contributed by atoms with E-state index in [1.165, 1.54) is 7.11 Å². The Bertz CT molecular complexity index is 522. The molecule has 1 unspecified atom stereocenters. The van der Waals surface area contributed by atoms with Gasteiger partial charge in [0.1, 0.15) is 5.75 Å². The number of nitrogens with one attached hydrogen (secondary N) is 1. The van der Waals surface area contributed by atoms with E-state index in [1.54, 1.807) is 37.1 Å². The number of aliphatic carboxylic acids is 1. The Labute approximate surface area is 128 Å². The first-order valence-corrected chi connectivity index (χ1v) is 6.79. The summed E-state index contributed by atoms with van der Waals surface area (Å²) in [7, 11) is 3.20. The monoisotopic (exact) mass is 314 g/mol. The van der Waals surface area contributed by atoms with Gasteiger partial charge in [-0.15, -0.1) is 0 Å². The van der Waals surface area contributed by atoms with Crippen molar-refractivity contribution in [1.82, 2.24) is 4.90 Å². The number of rotatable bonds is 7. The zero-order chi connectivity index (χ0) is 16.0. The zero-order valence-electron chi connectivity index (χ0n) is 12.2. The Balaban J connectivity index is 2.71. The van der Waals surface area contributed by atoms with Crippen molar-refractivity contribution in [3.8, 4) is 5.75 Å². The minimum absolute atomic E-state index is 0.0192. The number of amides is 1. The molecule has 0 heterocycles. The van der Waals surface area contributed by atoms with Gasteiger partial charge in [-0.25, -0.2) is 0 Å². The predicted molar refractivity (Wildman–Crippen MR) is 81.0 cm³/mol. The van der Waals surface area contributed by atoms with Gasteiger partial charge in [-0.1, -0.05) is 11.6 Å². The molecule has 1 aromatic rings. The van der Waals surface area contributed by atoms with Crippen LogP contribution < -0.4 is 10.1 Å². The molecule has 116 valence electrons. The summed E-state index contributed by atoms with van der Waals surface area (Å²) in [6, 6.07) is 4.45. The van der Waals surface area contributed by atoms with Crippen LogP contribution in [0.25, 0.3) is 0 Å². The second-order valence-electron chi connectivity index (χ2n) is 4.63. The number of carboxylic acid groups (broad SMARTS) is 1. The molecule has 0 spiro atoms. The predicted octanol–water partition coefficient (Wildman–Crippen LogP) is 2.08. The van der Waals surface area contributed by atoms with Gasteiger partial charge in [0.2, 0.25) is 5.91 Å². The second kappa shape index (κ2) is 7.85. The summed E-state index contributed by atoms with van der Waals surface area (Å²) in [6.07, 6.45) is -0.0192. The Morgan fingerprint density at radius 2 is 2.14 bits per heavy atom. The number of likely N-dealkylation sites (N-methyl/N-ethyl adjacent to an activating group) is 1. The third kappa shape index (κ3) is 5.24. The molecule has 0 radical (unpaired) electrons. The Morgan fingerprint density at radius 3 is 2.71 bits per heavy atom.